The van der Waals surface area contributed by atoms with Crippen molar-refractivity contribution < 1.29 is 14.0 Å². The summed E-state index contributed by atoms with van der Waals surface area (Å²) < 4.78 is 71.2. The van der Waals surface area contributed by atoms with Crippen LogP contribution in [-0.2, 0) is 0 Å². The largest absolute Gasteiger partial charge is 0.454 e. The summed E-state index contributed by atoms with van der Waals surface area (Å²) in [5.74, 6) is 0. The van der Waals surface area contributed by atoms with E-state index in [4.69, 9.17) is 14.9 Å². The highest BCUT2D eigenvalue weighted by Crippen LogP contribution is 2.47. The van der Waals surface area contributed by atoms with E-state index < -0.39 is 6.04 Å². The first-order valence-corrected chi connectivity index (χ1v) is 17.0. The van der Waals surface area contributed by atoms with Crippen LogP contribution in [0.4, 0.5) is 17.1 Å². The molecule has 0 spiro atoms. The summed E-state index contributed by atoms with van der Waals surface area (Å²) in [5, 5.41) is 2.85. The molecule has 5 heteroatoms. The molecule has 226 valence electrons. The van der Waals surface area contributed by atoms with E-state index in [-0.39, 0.29) is 62.1 Å². The average molecular weight is 658 g/mol. The summed E-state index contributed by atoms with van der Waals surface area (Å²) in [5.41, 5.74) is 6.05. The van der Waals surface area contributed by atoms with Gasteiger partial charge in [-0.2, -0.15) is 0 Å². The number of fused-ring (bicyclic) bond motifs is 7. The summed E-state index contributed by atoms with van der Waals surface area (Å²) in [6, 6.07) is 35.7. The van der Waals surface area contributed by atoms with E-state index in [0.29, 0.717) is 22.5 Å². The molecule has 10 aromatic rings. The van der Waals surface area contributed by atoms with Crippen LogP contribution in [-0.4, -0.2) is 4.98 Å². The summed E-state index contributed by atoms with van der Waals surface area (Å²) in [6.07, 6.45) is 0. The molecule has 0 aliphatic carbocycles. The SMILES string of the molecule is [2H]c1c([2H])c([2H])c2c(sc3c([2H])c([2H])c(N(c4ccc(-c5ccccc5)cc4)c4cc(-c5nc6ccccc6s5)cc5c4oc4ccccc45)c([2H])c32)c1[2H]. The van der Waals surface area contributed by atoms with Gasteiger partial charge in [-0.3, -0.25) is 0 Å². The molecule has 3 aromatic heterocycles. The van der Waals surface area contributed by atoms with Crippen molar-refractivity contribution >= 4 is 92.1 Å². The van der Waals surface area contributed by atoms with Gasteiger partial charge in [-0.15, -0.1) is 22.7 Å². The van der Waals surface area contributed by atoms with E-state index in [1.165, 1.54) is 0 Å². The number of furan rings is 1. The number of hydrogen-bond acceptors (Lipinski definition) is 5. The predicted molar refractivity (Wildman–Crippen MR) is 205 cm³/mol. The van der Waals surface area contributed by atoms with Crippen LogP contribution in [0.1, 0.15) is 9.60 Å². The Kier molecular flexibility index (Phi) is 4.82. The van der Waals surface area contributed by atoms with Gasteiger partial charge in [0.2, 0.25) is 0 Å². The lowest BCUT2D eigenvalue weighted by molar-refractivity contribution is 0.669. The third-order valence-corrected chi connectivity index (χ3v) is 10.7. The molecule has 0 saturated carbocycles. The lowest BCUT2D eigenvalue weighted by Gasteiger charge is -2.26. The number of nitrogens with zero attached hydrogens (tertiary/aromatic N) is 2. The highest BCUT2D eigenvalue weighted by atomic mass is 32.1. The third kappa shape index (κ3) is 4.43. The maximum Gasteiger partial charge on any atom is 0.159 e. The molecule has 7 aromatic carbocycles. The highest BCUT2D eigenvalue weighted by molar-refractivity contribution is 7.25. The van der Waals surface area contributed by atoms with E-state index in [0.717, 1.165) is 54.0 Å². The van der Waals surface area contributed by atoms with Gasteiger partial charge in [0, 0.05) is 47.9 Å². The molecule has 0 fully saturated rings. The molecule has 0 saturated heterocycles. The zero-order valence-electron chi connectivity index (χ0n) is 32.1. The van der Waals surface area contributed by atoms with E-state index in [2.05, 4.69) is 6.07 Å². The second kappa shape index (κ2) is 10.9. The zero-order valence-corrected chi connectivity index (χ0v) is 26.7. The smallest absolute Gasteiger partial charge is 0.159 e. The molecule has 3 nitrogen and oxygen atoms in total. The second-order valence-electron chi connectivity index (χ2n) is 11.4. The minimum Gasteiger partial charge on any atom is -0.454 e. The number of para-hydroxylation sites is 2. The minimum atomic E-state index is -0.416. The monoisotopic (exact) mass is 657 g/mol. The molecule has 0 aliphatic heterocycles. The number of anilines is 3. The van der Waals surface area contributed by atoms with Crippen LogP contribution in [0.25, 0.3) is 74.0 Å². The van der Waals surface area contributed by atoms with E-state index in [9.17, 15) is 4.11 Å². The molecule has 0 amide bonds. The average Bonchev–Trinajstić information content (AvgIpc) is 3.95. The Morgan fingerprint density at radius 1 is 0.562 bits per heavy atom. The Hall–Kier alpha value is -5.75. The molecular weight excluding hydrogens is 625 g/mol. The van der Waals surface area contributed by atoms with Gasteiger partial charge in [0.1, 0.15) is 10.6 Å². The molecule has 10 rings (SSSR count). The summed E-state index contributed by atoms with van der Waals surface area (Å²) in [4.78, 5) is 6.78. The predicted octanol–water partition coefficient (Wildman–Crippen LogP) is 13.4. The number of thiazole rings is 1. The third-order valence-electron chi connectivity index (χ3n) is 8.57. The first kappa shape index (κ1) is 21.2. The topological polar surface area (TPSA) is 29.3 Å². The lowest BCUT2D eigenvalue weighted by atomic mass is 10.0. The minimum absolute atomic E-state index is 0.0836. The van der Waals surface area contributed by atoms with Gasteiger partial charge in [-0.25, -0.2) is 4.98 Å². The molecule has 0 aliphatic rings. The van der Waals surface area contributed by atoms with Gasteiger partial charge in [0.15, 0.2) is 5.58 Å². The second-order valence-corrected chi connectivity index (χ2v) is 13.5. The van der Waals surface area contributed by atoms with Gasteiger partial charge in [0.25, 0.3) is 0 Å². The molecule has 48 heavy (non-hydrogen) atoms. The van der Waals surface area contributed by atoms with Crippen molar-refractivity contribution in [3.63, 3.8) is 0 Å². The molecule has 0 bridgehead atoms. The fourth-order valence-electron chi connectivity index (χ4n) is 6.32. The summed E-state index contributed by atoms with van der Waals surface area (Å²) >= 11 is 2.58. The molecule has 0 radical (unpaired) electrons. The van der Waals surface area contributed by atoms with Crippen molar-refractivity contribution in [3.8, 4) is 21.7 Å². The van der Waals surface area contributed by atoms with Gasteiger partial charge < -0.3 is 9.32 Å². The van der Waals surface area contributed by atoms with E-state index in [1.807, 2.05) is 109 Å². The number of rotatable bonds is 5. The lowest BCUT2D eigenvalue weighted by Crippen LogP contribution is -2.10. The van der Waals surface area contributed by atoms with Crippen LogP contribution in [0.5, 0.6) is 0 Å². The van der Waals surface area contributed by atoms with Gasteiger partial charge in [-0.05, 0) is 77.8 Å². The molecular formula is C43H26N2OS2. The molecule has 0 unspecified atom stereocenters. The fraction of sp³-hybridized carbons (Fsp3) is 0. The van der Waals surface area contributed by atoms with Crippen LogP contribution in [0.3, 0.4) is 0 Å². The van der Waals surface area contributed by atoms with Gasteiger partial charge in [-0.1, -0.05) is 90.9 Å². The summed E-state index contributed by atoms with van der Waals surface area (Å²) in [6.45, 7) is 0. The maximum absolute atomic E-state index is 9.85. The van der Waals surface area contributed by atoms with Gasteiger partial charge >= 0.3 is 0 Å². The summed E-state index contributed by atoms with van der Waals surface area (Å²) in [7, 11) is 0. The number of benzene rings is 7. The molecule has 0 N–H and O–H groups in total. The van der Waals surface area contributed by atoms with Crippen molar-refractivity contribution in [2.24, 2.45) is 0 Å². The molecule has 0 atom stereocenters. The quantitative estimate of drug-likeness (QED) is 0.184. The van der Waals surface area contributed by atoms with Crippen LogP contribution in [0.2, 0.25) is 0 Å². The van der Waals surface area contributed by atoms with Crippen molar-refractivity contribution in [2.75, 3.05) is 4.90 Å². The van der Waals surface area contributed by atoms with Crippen LogP contribution < -0.4 is 4.90 Å². The highest BCUT2D eigenvalue weighted by Gasteiger charge is 2.23. The molecule has 3 heterocycles. The Morgan fingerprint density at radius 3 is 2.23 bits per heavy atom. The normalized spacial score (nSPS) is 13.8. The number of thiophene rings is 1. The van der Waals surface area contributed by atoms with Crippen molar-refractivity contribution in [2.45, 2.75) is 0 Å². The standard InChI is InChI=1S/C43H26N2OS2/c1-2-10-27(11-3-1)28-18-20-30(21-19-28)45(31-22-23-40-34(26-31)33-13-5-8-16-39(33)47-40)37-25-29(43-44-36-14-6-9-17-41(36)48-43)24-35-32-12-4-7-15-38(32)46-42(35)37/h1-26H/i5D,8D,13D,16D,22D,23D,26D. The van der Waals surface area contributed by atoms with Crippen LogP contribution in [0.15, 0.2) is 162 Å². The van der Waals surface area contributed by atoms with Crippen molar-refractivity contribution in [1.29, 1.82) is 0 Å². The first-order chi connectivity index (χ1) is 26.7. The number of aromatic nitrogens is 1. The Labute approximate surface area is 294 Å². The Balaban J connectivity index is 1.33. The van der Waals surface area contributed by atoms with Crippen molar-refractivity contribution in [3.05, 3.63) is 158 Å². The number of hydrogen-bond donors (Lipinski definition) is 0. The Morgan fingerprint density at radius 2 is 1.33 bits per heavy atom. The zero-order chi connectivity index (χ0) is 37.7. The fourth-order valence-corrected chi connectivity index (χ4v) is 8.19. The first-order valence-electron chi connectivity index (χ1n) is 18.9. The van der Waals surface area contributed by atoms with E-state index in [1.54, 1.807) is 16.2 Å². The van der Waals surface area contributed by atoms with Crippen LogP contribution >= 0.6 is 22.7 Å². The maximum atomic E-state index is 9.85. The van der Waals surface area contributed by atoms with Gasteiger partial charge in [0.05, 0.1) is 25.5 Å². The van der Waals surface area contributed by atoms with Crippen molar-refractivity contribution in [1.82, 2.24) is 4.98 Å². The Bertz CT molecular complexity index is 3160. The van der Waals surface area contributed by atoms with Crippen LogP contribution in [0, 0.1) is 0 Å². The van der Waals surface area contributed by atoms with E-state index >= 15 is 0 Å².